The first-order valence-corrected chi connectivity index (χ1v) is 8.20. The van der Waals surface area contributed by atoms with Gasteiger partial charge in [-0.2, -0.15) is 11.3 Å². The van der Waals surface area contributed by atoms with Gasteiger partial charge in [0.2, 0.25) is 0 Å². The Balaban J connectivity index is 2.13. The van der Waals surface area contributed by atoms with Gasteiger partial charge in [-0.15, -0.1) is 0 Å². The summed E-state index contributed by atoms with van der Waals surface area (Å²) >= 11 is 1.65. The minimum atomic E-state index is -0.178. The Bertz CT molecular complexity index is 641. The molecule has 1 heterocycles. The first-order chi connectivity index (χ1) is 11.1. The maximum atomic E-state index is 12.5. The van der Waals surface area contributed by atoms with E-state index in [0.717, 1.165) is 0 Å². The number of carbonyl (C=O) groups is 1. The molecule has 0 aliphatic carbocycles. The third kappa shape index (κ3) is 4.03. The van der Waals surface area contributed by atoms with Crippen LogP contribution in [0.4, 0.5) is 0 Å². The van der Waals surface area contributed by atoms with E-state index in [1.165, 1.54) is 12.7 Å². The van der Waals surface area contributed by atoms with Gasteiger partial charge in [0.15, 0.2) is 11.5 Å². The molecule has 1 atom stereocenters. The van der Waals surface area contributed by atoms with Gasteiger partial charge in [-0.25, -0.2) is 0 Å². The molecule has 1 N–H and O–H groups in total. The highest BCUT2D eigenvalue weighted by Gasteiger charge is 2.19. The third-order valence-electron chi connectivity index (χ3n) is 3.65. The number of amides is 1. The van der Waals surface area contributed by atoms with E-state index < -0.39 is 0 Å². The van der Waals surface area contributed by atoms with Crippen LogP contribution in [0.25, 0.3) is 0 Å². The number of hydrogen-bond donors (Lipinski definition) is 1. The van der Waals surface area contributed by atoms with Crippen LogP contribution in [0.1, 0.15) is 22.0 Å². The van der Waals surface area contributed by atoms with Crippen LogP contribution in [-0.4, -0.2) is 45.7 Å². The van der Waals surface area contributed by atoms with Gasteiger partial charge in [-0.3, -0.25) is 4.79 Å². The Kier molecular flexibility index (Phi) is 6.01. The van der Waals surface area contributed by atoms with Crippen molar-refractivity contribution in [1.29, 1.82) is 0 Å². The molecular formula is C17H22N2O3S. The third-order valence-corrected chi connectivity index (χ3v) is 4.36. The van der Waals surface area contributed by atoms with Gasteiger partial charge in [0.1, 0.15) is 0 Å². The first kappa shape index (κ1) is 17.3. The molecule has 23 heavy (non-hydrogen) atoms. The van der Waals surface area contributed by atoms with Crippen LogP contribution in [0.5, 0.6) is 11.5 Å². The summed E-state index contributed by atoms with van der Waals surface area (Å²) in [4.78, 5) is 14.6. The second-order valence-corrected chi connectivity index (χ2v) is 6.07. The molecule has 0 spiro atoms. The van der Waals surface area contributed by atoms with Crippen LogP contribution in [0.3, 0.4) is 0 Å². The first-order valence-electron chi connectivity index (χ1n) is 7.26. The van der Waals surface area contributed by atoms with Gasteiger partial charge in [-0.1, -0.05) is 6.07 Å². The molecule has 0 unspecified atom stereocenters. The Morgan fingerprint density at radius 2 is 2.04 bits per heavy atom. The number of hydrogen-bond acceptors (Lipinski definition) is 5. The molecule has 5 nitrogen and oxygen atoms in total. The lowest BCUT2D eigenvalue weighted by molar-refractivity contribution is 0.0938. The number of thiophene rings is 1. The Morgan fingerprint density at radius 1 is 1.26 bits per heavy atom. The lowest BCUT2D eigenvalue weighted by Gasteiger charge is -2.24. The maximum absolute atomic E-state index is 12.5. The predicted octanol–water partition coefficient (Wildman–Crippen LogP) is 2.80. The quantitative estimate of drug-likeness (QED) is 0.846. The summed E-state index contributed by atoms with van der Waals surface area (Å²) in [5, 5.41) is 7.12. The van der Waals surface area contributed by atoms with E-state index >= 15 is 0 Å². The molecule has 0 saturated carbocycles. The highest BCUT2D eigenvalue weighted by atomic mass is 32.1. The van der Waals surface area contributed by atoms with Crippen molar-refractivity contribution in [2.75, 3.05) is 34.9 Å². The normalized spacial score (nSPS) is 12.0. The fourth-order valence-corrected chi connectivity index (χ4v) is 3.12. The van der Waals surface area contributed by atoms with E-state index in [1.807, 2.05) is 19.5 Å². The van der Waals surface area contributed by atoms with Gasteiger partial charge in [0.25, 0.3) is 5.91 Å². The molecule has 6 heteroatoms. The molecule has 1 aromatic carbocycles. The van der Waals surface area contributed by atoms with E-state index in [1.54, 1.807) is 36.6 Å². The summed E-state index contributed by atoms with van der Waals surface area (Å²) in [7, 11) is 7.09. The summed E-state index contributed by atoms with van der Waals surface area (Å²) in [5.41, 5.74) is 1.66. The molecule has 0 fully saturated rings. The van der Waals surface area contributed by atoms with Gasteiger partial charge in [-0.05, 0) is 48.6 Å². The maximum Gasteiger partial charge on any atom is 0.255 e. The zero-order valence-corrected chi connectivity index (χ0v) is 14.6. The molecule has 0 aliphatic heterocycles. The highest BCUT2D eigenvalue weighted by Crippen LogP contribution is 2.30. The molecule has 0 radical (unpaired) electrons. The van der Waals surface area contributed by atoms with Gasteiger partial charge < -0.3 is 19.7 Å². The minimum absolute atomic E-state index is 0.127. The summed E-state index contributed by atoms with van der Waals surface area (Å²) in [5.74, 6) is 0.814. The van der Waals surface area contributed by atoms with Crippen LogP contribution in [-0.2, 0) is 0 Å². The monoisotopic (exact) mass is 334 g/mol. The van der Waals surface area contributed by atoms with E-state index in [9.17, 15) is 4.79 Å². The SMILES string of the molecule is COc1cccc(C(=O)NC[C@@H](c2ccsc2)N(C)C)c1OC. The van der Waals surface area contributed by atoms with E-state index in [-0.39, 0.29) is 11.9 Å². The fourth-order valence-electron chi connectivity index (χ4n) is 2.41. The van der Waals surface area contributed by atoms with Crippen molar-refractivity contribution in [2.45, 2.75) is 6.04 Å². The fraction of sp³-hybridized carbons (Fsp3) is 0.353. The second kappa shape index (κ2) is 7.99. The van der Waals surface area contributed by atoms with Gasteiger partial charge >= 0.3 is 0 Å². The highest BCUT2D eigenvalue weighted by molar-refractivity contribution is 7.07. The Labute approximate surface area is 140 Å². The molecule has 1 aromatic heterocycles. The number of carbonyl (C=O) groups excluding carboxylic acids is 1. The number of rotatable bonds is 7. The van der Waals surface area contributed by atoms with E-state index in [2.05, 4.69) is 21.7 Å². The number of para-hydroxylation sites is 1. The number of methoxy groups -OCH3 is 2. The molecule has 124 valence electrons. The van der Waals surface area contributed by atoms with Crippen LogP contribution in [0.2, 0.25) is 0 Å². The van der Waals surface area contributed by atoms with Crippen molar-refractivity contribution >= 4 is 17.2 Å². The minimum Gasteiger partial charge on any atom is -0.493 e. The summed E-state index contributed by atoms with van der Waals surface area (Å²) in [6, 6.07) is 7.48. The van der Waals surface area contributed by atoms with E-state index in [0.29, 0.717) is 23.6 Å². The van der Waals surface area contributed by atoms with Crippen molar-refractivity contribution in [3.05, 3.63) is 46.2 Å². The Hall–Kier alpha value is -2.05. The number of nitrogens with one attached hydrogen (secondary N) is 1. The summed E-state index contributed by atoms with van der Waals surface area (Å²) in [6.45, 7) is 0.517. The van der Waals surface area contributed by atoms with Crippen LogP contribution in [0.15, 0.2) is 35.0 Å². The number of ether oxygens (including phenoxy) is 2. The molecular weight excluding hydrogens is 312 g/mol. The average Bonchev–Trinajstić information content (AvgIpc) is 3.07. The molecule has 0 bridgehead atoms. The van der Waals surface area contributed by atoms with Crippen molar-refractivity contribution in [2.24, 2.45) is 0 Å². The number of nitrogens with zero attached hydrogens (tertiary/aromatic N) is 1. The zero-order valence-electron chi connectivity index (χ0n) is 13.8. The molecule has 0 aliphatic rings. The topological polar surface area (TPSA) is 50.8 Å². The van der Waals surface area contributed by atoms with Gasteiger partial charge in [0, 0.05) is 6.54 Å². The summed E-state index contributed by atoms with van der Waals surface area (Å²) < 4.78 is 10.6. The van der Waals surface area contributed by atoms with Crippen LogP contribution in [0, 0.1) is 0 Å². The molecule has 0 saturated heterocycles. The van der Waals surface area contributed by atoms with Gasteiger partial charge in [0.05, 0.1) is 25.8 Å². The smallest absolute Gasteiger partial charge is 0.255 e. The average molecular weight is 334 g/mol. The van der Waals surface area contributed by atoms with Crippen molar-refractivity contribution < 1.29 is 14.3 Å². The molecule has 1 amide bonds. The molecule has 2 aromatic rings. The van der Waals surface area contributed by atoms with Crippen LogP contribution < -0.4 is 14.8 Å². The summed E-state index contributed by atoms with van der Waals surface area (Å²) in [6.07, 6.45) is 0. The van der Waals surface area contributed by atoms with E-state index in [4.69, 9.17) is 9.47 Å². The second-order valence-electron chi connectivity index (χ2n) is 5.29. The lowest BCUT2D eigenvalue weighted by Crippen LogP contribution is -2.34. The Morgan fingerprint density at radius 3 is 2.61 bits per heavy atom. The number of benzene rings is 1. The van der Waals surface area contributed by atoms with Crippen molar-refractivity contribution in [3.63, 3.8) is 0 Å². The predicted molar refractivity (Wildman–Crippen MR) is 92.6 cm³/mol. The lowest BCUT2D eigenvalue weighted by atomic mass is 10.1. The van der Waals surface area contributed by atoms with Crippen molar-refractivity contribution in [1.82, 2.24) is 10.2 Å². The van der Waals surface area contributed by atoms with Crippen molar-refractivity contribution in [3.8, 4) is 11.5 Å². The largest absolute Gasteiger partial charge is 0.493 e. The van der Waals surface area contributed by atoms with Crippen LogP contribution >= 0.6 is 11.3 Å². The standard InChI is InChI=1S/C17H22N2O3S/c1-19(2)14(12-8-9-23-11-12)10-18-17(20)13-6-5-7-15(21-3)16(13)22-4/h5-9,11,14H,10H2,1-4H3,(H,18,20)/t14-/m0/s1. The molecule has 2 rings (SSSR count). The zero-order chi connectivity index (χ0) is 16.8. The number of likely N-dealkylation sites (N-methyl/N-ethyl adjacent to an activating group) is 1.